The van der Waals surface area contributed by atoms with Crippen molar-refractivity contribution in [3.8, 4) is 5.88 Å². The number of anilines is 1. The predicted molar refractivity (Wildman–Crippen MR) is 117 cm³/mol. The van der Waals surface area contributed by atoms with Crippen LogP contribution in [-0.2, 0) is 23.1 Å². The van der Waals surface area contributed by atoms with Crippen LogP contribution >= 0.6 is 0 Å². The molecule has 0 spiro atoms. The minimum Gasteiger partial charge on any atom is -0.478 e. The molecule has 0 amide bonds. The van der Waals surface area contributed by atoms with Crippen molar-refractivity contribution in [3.63, 3.8) is 0 Å². The van der Waals surface area contributed by atoms with Crippen LogP contribution in [-0.4, -0.2) is 30.3 Å². The number of hydrogen-bond acceptors (Lipinski definition) is 5. The molecule has 0 unspecified atom stereocenters. The number of halogens is 1. The smallest absolute Gasteiger partial charge is 0.244 e. The van der Waals surface area contributed by atoms with Gasteiger partial charge in [-0.2, -0.15) is 5.10 Å². The van der Waals surface area contributed by atoms with Gasteiger partial charge in [0.2, 0.25) is 15.9 Å². The first-order valence-corrected chi connectivity index (χ1v) is 11.6. The second-order valence-corrected chi connectivity index (χ2v) is 10.4. The quantitative estimate of drug-likeness (QED) is 0.614. The zero-order valence-electron chi connectivity index (χ0n) is 18.8. The van der Waals surface area contributed by atoms with Crippen molar-refractivity contribution in [2.45, 2.75) is 72.0 Å². The number of nitrogens with zero attached hydrogens (tertiary/aromatic N) is 2. The molecule has 7 nitrogen and oxygen atoms in total. The van der Waals surface area contributed by atoms with E-state index in [4.69, 9.17) is 4.74 Å². The second-order valence-electron chi connectivity index (χ2n) is 8.73. The average molecular weight is 441 g/mol. The lowest BCUT2D eigenvalue weighted by atomic mass is 10.1. The van der Waals surface area contributed by atoms with Crippen molar-refractivity contribution in [1.82, 2.24) is 14.5 Å². The molecule has 1 aromatic heterocycles. The third-order valence-electron chi connectivity index (χ3n) is 4.15. The molecule has 0 bridgehead atoms. The van der Waals surface area contributed by atoms with Crippen LogP contribution in [0.1, 0.15) is 52.8 Å². The molecular weight excluding hydrogens is 407 g/mol. The third kappa shape index (κ3) is 6.18. The van der Waals surface area contributed by atoms with Crippen LogP contribution in [0.5, 0.6) is 5.88 Å². The summed E-state index contributed by atoms with van der Waals surface area (Å²) in [6, 6.07) is 3.97. The molecule has 1 aromatic carbocycles. The van der Waals surface area contributed by atoms with Gasteiger partial charge in [0.05, 0.1) is 17.9 Å². The van der Waals surface area contributed by atoms with E-state index < -0.39 is 21.4 Å². The first-order valence-electron chi connectivity index (χ1n) is 10.1. The van der Waals surface area contributed by atoms with Gasteiger partial charge in [-0.15, -0.1) is 0 Å². The van der Waals surface area contributed by atoms with Crippen LogP contribution in [0.15, 0.2) is 23.1 Å². The summed E-state index contributed by atoms with van der Waals surface area (Å²) in [6.45, 7) is 14.8. The number of hydrogen-bond donors (Lipinski definition) is 2. The summed E-state index contributed by atoms with van der Waals surface area (Å²) in [4.78, 5) is -0.389. The Labute approximate surface area is 179 Å². The van der Waals surface area contributed by atoms with Gasteiger partial charge in [-0.1, -0.05) is 13.8 Å². The van der Waals surface area contributed by atoms with Gasteiger partial charge < -0.3 is 10.1 Å². The molecule has 0 aliphatic carbocycles. The maximum atomic E-state index is 14.3. The van der Waals surface area contributed by atoms with E-state index >= 15 is 0 Å². The van der Waals surface area contributed by atoms with E-state index in [9.17, 15) is 12.8 Å². The van der Waals surface area contributed by atoms with E-state index in [0.29, 0.717) is 30.6 Å². The molecule has 0 radical (unpaired) electrons. The third-order valence-corrected chi connectivity index (χ3v) is 5.92. The van der Waals surface area contributed by atoms with Crippen molar-refractivity contribution < 1.29 is 17.5 Å². The highest BCUT2D eigenvalue weighted by molar-refractivity contribution is 7.89. The highest BCUT2D eigenvalue weighted by Crippen LogP contribution is 2.26. The van der Waals surface area contributed by atoms with E-state index in [2.05, 4.69) is 29.0 Å². The van der Waals surface area contributed by atoms with Gasteiger partial charge in [0, 0.05) is 24.3 Å². The van der Waals surface area contributed by atoms with Crippen LogP contribution in [0.25, 0.3) is 0 Å². The van der Waals surface area contributed by atoms with Gasteiger partial charge in [-0.25, -0.2) is 22.2 Å². The summed E-state index contributed by atoms with van der Waals surface area (Å²) in [7, 11) is -3.99. The van der Waals surface area contributed by atoms with Gasteiger partial charge in [0.1, 0.15) is 10.7 Å². The van der Waals surface area contributed by atoms with E-state index in [-0.39, 0.29) is 4.90 Å². The molecule has 0 aliphatic heterocycles. The Hall–Kier alpha value is -2.13. The number of rotatable bonds is 9. The van der Waals surface area contributed by atoms with E-state index in [1.54, 1.807) is 20.8 Å². The van der Waals surface area contributed by atoms with E-state index in [1.807, 2.05) is 18.5 Å². The molecule has 0 atom stereocenters. The molecule has 0 saturated carbocycles. The second kappa shape index (κ2) is 9.34. The van der Waals surface area contributed by atoms with Crippen LogP contribution in [0.2, 0.25) is 0 Å². The molecule has 1 heterocycles. The van der Waals surface area contributed by atoms with Gasteiger partial charge in [0.15, 0.2) is 0 Å². The van der Waals surface area contributed by atoms with Crippen molar-refractivity contribution in [3.05, 3.63) is 35.3 Å². The maximum Gasteiger partial charge on any atom is 0.244 e. The van der Waals surface area contributed by atoms with Gasteiger partial charge >= 0.3 is 0 Å². The number of benzene rings is 1. The molecule has 2 aromatic rings. The Kier molecular flexibility index (Phi) is 7.52. The number of ether oxygens (including phenoxy) is 1. The van der Waals surface area contributed by atoms with Gasteiger partial charge in [0.25, 0.3) is 0 Å². The Bertz CT molecular complexity index is 979. The summed E-state index contributed by atoms with van der Waals surface area (Å²) in [5.74, 6) is 0.304. The molecule has 2 rings (SSSR count). The van der Waals surface area contributed by atoms with E-state index in [1.165, 1.54) is 12.1 Å². The summed E-state index contributed by atoms with van der Waals surface area (Å²) in [5.41, 5.74) is 1.49. The zero-order chi connectivity index (χ0) is 22.7. The van der Waals surface area contributed by atoms with Crippen LogP contribution in [0, 0.1) is 18.7 Å². The lowest BCUT2D eigenvalue weighted by Crippen LogP contribution is -2.40. The average Bonchev–Trinajstić information content (AvgIpc) is 2.86. The molecule has 0 fully saturated rings. The SMILES string of the molecule is CCOc1c(CNc2ccc(F)c(S(=O)(=O)NC(C)(C)C)c2)c(C)nn1CC(C)C. The molecule has 30 heavy (non-hydrogen) atoms. The lowest BCUT2D eigenvalue weighted by Gasteiger charge is -2.21. The Morgan fingerprint density at radius 1 is 1.27 bits per heavy atom. The number of aryl methyl sites for hydroxylation is 1. The monoisotopic (exact) mass is 440 g/mol. The first-order chi connectivity index (χ1) is 13.8. The Balaban J connectivity index is 2.30. The first kappa shape index (κ1) is 24.1. The largest absolute Gasteiger partial charge is 0.478 e. The fourth-order valence-corrected chi connectivity index (χ4v) is 4.56. The highest BCUT2D eigenvalue weighted by Gasteiger charge is 2.25. The fraction of sp³-hybridized carbons (Fsp3) is 0.571. The normalized spacial score (nSPS) is 12.4. The van der Waals surface area contributed by atoms with Crippen molar-refractivity contribution in [2.75, 3.05) is 11.9 Å². The summed E-state index contributed by atoms with van der Waals surface area (Å²) in [6.07, 6.45) is 0. The maximum absolute atomic E-state index is 14.3. The minimum absolute atomic E-state index is 0.372. The highest BCUT2D eigenvalue weighted by atomic mass is 32.2. The zero-order valence-corrected chi connectivity index (χ0v) is 19.7. The summed E-state index contributed by atoms with van der Waals surface area (Å²) < 4.78 is 49.6. The number of nitrogens with one attached hydrogen (secondary N) is 2. The van der Waals surface area contributed by atoms with Crippen LogP contribution < -0.4 is 14.8 Å². The number of aromatic nitrogens is 2. The van der Waals surface area contributed by atoms with Crippen LogP contribution in [0.4, 0.5) is 10.1 Å². The molecule has 168 valence electrons. The molecular formula is C21H33FN4O3S. The van der Waals surface area contributed by atoms with Crippen molar-refractivity contribution >= 4 is 15.7 Å². The standard InChI is InChI=1S/C21H33FN4O3S/c1-8-29-20-17(15(4)24-26(20)13-14(2)3)12-23-16-9-10-18(22)19(11-16)30(27,28)25-21(5,6)7/h9-11,14,23,25H,8,12-13H2,1-7H3. The molecule has 9 heteroatoms. The molecule has 0 saturated heterocycles. The van der Waals surface area contributed by atoms with Gasteiger partial charge in [-0.05, 0) is 58.7 Å². The topological polar surface area (TPSA) is 85.2 Å². The minimum atomic E-state index is -3.99. The molecule has 2 N–H and O–H groups in total. The van der Waals surface area contributed by atoms with Crippen LogP contribution in [0.3, 0.4) is 0 Å². The van der Waals surface area contributed by atoms with Gasteiger partial charge in [-0.3, -0.25) is 0 Å². The van der Waals surface area contributed by atoms with Crippen molar-refractivity contribution in [1.29, 1.82) is 0 Å². The Morgan fingerprint density at radius 2 is 1.93 bits per heavy atom. The fourth-order valence-electron chi connectivity index (χ4n) is 3.04. The van der Waals surface area contributed by atoms with Crippen molar-refractivity contribution in [2.24, 2.45) is 5.92 Å². The lowest BCUT2D eigenvalue weighted by molar-refractivity contribution is 0.290. The summed E-state index contributed by atoms with van der Waals surface area (Å²) >= 11 is 0. The van der Waals surface area contributed by atoms with E-state index in [0.717, 1.165) is 23.9 Å². The number of sulfonamides is 1. The molecule has 0 aliphatic rings. The summed E-state index contributed by atoms with van der Waals surface area (Å²) in [5, 5.41) is 7.76. The Morgan fingerprint density at radius 3 is 2.50 bits per heavy atom. The predicted octanol–water partition coefficient (Wildman–Crippen LogP) is 4.07.